The summed E-state index contributed by atoms with van der Waals surface area (Å²) in [5.74, 6) is 0.947. The van der Waals surface area contributed by atoms with E-state index in [0.717, 1.165) is 68.7 Å². The number of piperidine rings is 1. The Bertz CT molecular complexity index is 908. The van der Waals surface area contributed by atoms with E-state index in [9.17, 15) is 4.79 Å². The van der Waals surface area contributed by atoms with Crippen LogP contribution in [0.15, 0.2) is 59.4 Å². The lowest BCUT2D eigenvalue weighted by Crippen LogP contribution is -2.37. The zero-order valence-corrected chi connectivity index (χ0v) is 15.6. The second-order valence-electron chi connectivity index (χ2n) is 7.26. The highest BCUT2D eigenvalue weighted by Crippen LogP contribution is 2.24. The summed E-state index contributed by atoms with van der Waals surface area (Å²) in [6.45, 7) is 3.98. The van der Waals surface area contributed by atoms with Crippen molar-refractivity contribution in [2.45, 2.75) is 31.7 Å². The first-order valence-corrected chi connectivity index (χ1v) is 9.91. The van der Waals surface area contributed by atoms with E-state index >= 15 is 0 Å². The molecule has 1 saturated heterocycles. The maximum absolute atomic E-state index is 12.4. The number of fused-ring (bicyclic) bond motifs is 1. The number of hydrogen-bond acceptors (Lipinski definition) is 3. The molecule has 5 heteroatoms. The Morgan fingerprint density at radius 1 is 0.963 bits per heavy atom. The molecule has 1 N–H and O–H groups in total. The molecule has 0 atom stereocenters. The molecule has 0 saturated carbocycles. The van der Waals surface area contributed by atoms with Crippen molar-refractivity contribution in [2.75, 3.05) is 26.2 Å². The van der Waals surface area contributed by atoms with Gasteiger partial charge in [0, 0.05) is 19.1 Å². The molecule has 0 radical (unpaired) electrons. The smallest absolute Gasteiger partial charge is 0.326 e. The highest BCUT2D eigenvalue weighted by molar-refractivity contribution is 5.75. The minimum absolute atomic E-state index is 0.0210. The molecule has 3 aromatic rings. The largest absolute Gasteiger partial charge is 0.494 e. The summed E-state index contributed by atoms with van der Waals surface area (Å²) in [6.07, 6.45) is 4.27. The van der Waals surface area contributed by atoms with Crippen LogP contribution >= 0.6 is 0 Å². The van der Waals surface area contributed by atoms with Gasteiger partial charge in [-0.15, -0.1) is 0 Å². The minimum Gasteiger partial charge on any atom is -0.494 e. The van der Waals surface area contributed by atoms with E-state index in [2.05, 4.69) is 9.88 Å². The molecule has 0 unspecified atom stereocenters. The van der Waals surface area contributed by atoms with Crippen molar-refractivity contribution in [3.05, 3.63) is 65.1 Å². The highest BCUT2D eigenvalue weighted by Gasteiger charge is 2.23. The second-order valence-corrected chi connectivity index (χ2v) is 7.26. The van der Waals surface area contributed by atoms with Crippen LogP contribution in [0.1, 0.15) is 31.7 Å². The summed E-state index contributed by atoms with van der Waals surface area (Å²) in [5, 5.41) is 0. The number of nitrogens with one attached hydrogen (secondary N) is 1. The summed E-state index contributed by atoms with van der Waals surface area (Å²) < 4.78 is 7.71. The fourth-order valence-corrected chi connectivity index (χ4v) is 3.98. The number of rotatable bonds is 7. The van der Waals surface area contributed by atoms with Gasteiger partial charge in [-0.3, -0.25) is 4.57 Å². The molecule has 1 aromatic heterocycles. The molecule has 142 valence electrons. The Hall–Kier alpha value is -2.53. The van der Waals surface area contributed by atoms with Crippen LogP contribution < -0.4 is 10.4 Å². The van der Waals surface area contributed by atoms with Crippen LogP contribution in [-0.2, 0) is 0 Å². The zero-order valence-electron chi connectivity index (χ0n) is 15.6. The Kier molecular flexibility index (Phi) is 5.58. The first-order valence-electron chi connectivity index (χ1n) is 9.91. The van der Waals surface area contributed by atoms with Crippen LogP contribution in [-0.4, -0.2) is 40.7 Å². The Morgan fingerprint density at radius 3 is 2.52 bits per heavy atom. The lowest BCUT2D eigenvalue weighted by Gasteiger charge is -2.32. The molecule has 1 aliphatic heterocycles. The molecule has 4 rings (SSSR count). The maximum Gasteiger partial charge on any atom is 0.326 e. The summed E-state index contributed by atoms with van der Waals surface area (Å²) in [7, 11) is 0. The van der Waals surface area contributed by atoms with Gasteiger partial charge in [-0.05, 0) is 56.5 Å². The third kappa shape index (κ3) is 4.25. The number of nitrogens with zero attached hydrogens (tertiary/aromatic N) is 2. The quantitative estimate of drug-likeness (QED) is 0.648. The highest BCUT2D eigenvalue weighted by atomic mass is 16.5. The second kappa shape index (κ2) is 8.44. The summed E-state index contributed by atoms with van der Waals surface area (Å²) >= 11 is 0. The van der Waals surface area contributed by atoms with Crippen LogP contribution in [0.5, 0.6) is 5.75 Å². The van der Waals surface area contributed by atoms with E-state index in [1.54, 1.807) is 0 Å². The molecule has 5 nitrogen and oxygen atoms in total. The van der Waals surface area contributed by atoms with E-state index in [4.69, 9.17) is 4.74 Å². The Morgan fingerprint density at radius 2 is 1.70 bits per heavy atom. The Labute approximate surface area is 159 Å². The average Bonchev–Trinajstić information content (AvgIpc) is 3.05. The maximum atomic E-state index is 12.4. The number of aromatic amines is 1. The third-order valence-corrected chi connectivity index (χ3v) is 5.43. The van der Waals surface area contributed by atoms with E-state index in [1.165, 1.54) is 0 Å². The molecule has 0 bridgehead atoms. The van der Waals surface area contributed by atoms with E-state index in [0.29, 0.717) is 6.04 Å². The molecular weight excluding hydrogens is 338 g/mol. The standard InChI is InChI=1S/C22H27N3O2/c26-22-23-20-10-4-5-11-21(20)25(22)18-12-15-24(16-13-18)14-6-7-17-27-19-8-2-1-3-9-19/h1-5,8-11,18H,6-7,12-17H2,(H,23,26). The van der Waals surface area contributed by atoms with Crippen LogP contribution in [0.2, 0.25) is 0 Å². The van der Waals surface area contributed by atoms with Gasteiger partial charge in [0.05, 0.1) is 17.6 Å². The SMILES string of the molecule is O=c1[nH]c2ccccc2n1C1CCN(CCCCOc2ccccc2)CC1. The lowest BCUT2D eigenvalue weighted by atomic mass is 10.0. The van der Waals surface area contributed by atoms with Crippen molar-refractivity contribution >= 4 is 11.0 Å². The van der Waals surface area contributed by atoms with Crippen LogP contribution in [0.25, 0.3) is 11.0 Å². The average molecular weight is 365 g/mol. The number of para-hydroxylation sites is 3. The van der Waals surface area contributed by atoms with Crippen molar-refractivity contribution < 1.29 is 4.74 Å². The number of benzene rings is 2. The predicted octanol–water partition coefficient (Wildman–Crippen LogP) is 3.83. The number of likely N-dealkylation sites (tertiary alicyclic amines) is 1. The van der Waals surface area contributed by atoms with Gasteiger partial charge < -0.3 is 14.6 Å². The molecule has 0 spiro atoms. The number of ether oxygens (including phenoxy) is 1. The van der Waals surface area contributed by atoms with Crippen molar-refractivity contribution in [3.63, 3.8) is 0 Å². The van der Waals surface area contributed by atoms with Crippen molar-refractivity contribution in [3.8, 4) is 5.75 Å². The van der Waals surface area contributed by atoms with E-state index in [-0.39, 0.29) is 5.69 Å². The number of imidazole rings is 1. The lowest BCUT2D eigenvalue weighted by molar-refractivity contribution is 0.180. The molecular formula is C22H27N3O2. The molecule has 0 amide bonds. The van der Waals surface area contributed by atoms with Crippen molar-refractivity contribution in [1.82, 2.24) is 14.5 Å². The normalized spacial score (nSPS) is 16.0. The van der Waals surface area contributed by atoms with Gasteiger partial charge in [-0.2, -0.15) is 0 Å². The van der Waals surface area contributed by atoms with Crippen LogP contribution in [0.3, 0.4) is 0 Å². The van der Waals surface area contributed by atoms with Crippen LogP contribution in [0, 0.1) is 0 Å². The molecule has 0 aliphatic carbocycles. The molecule has 27 heavy (non-hydrogen) atoms. The Balaban J connectivity index is 1.22. The number of unbranched alkanes of at least 4 members (excludes halogenated alkanes) is 1. The predicted molar refractivity (Wildman–Crippen MR) is 108 cm³/mol. The first kappa shape index (κ1) is 17.9. The zero-order chi connectivity index (χ0) is 18.5. The van der Waals surface area contributed by atoms with Gasteiger partial charge in [-0.25, -0.2) is 4.79 Å². The van der Waals surface area contributed by atoms with Gasteiger partial charge in [0.2, 0.25) is 0 Å². The third-order valence-electron chi connectivity index (χ3n) is 5.43. The van der Waals surface area contributed by atoms with Crippen molar-refractivity contribution in [2.24, 2.45) is 0 Å². The van der Waals surface area contributed by atoms with Gasteiger partial charge in [-0.1, -0.05) is 30.3 Å². The number of H-pyrrole nitrogens is 1. The topological polar surface area (TPSA) is 50.3 Å². The monoisotopic (exact) mass is 365 g/mol. The molecule has 1 fully saturated rings. The van der Waals surface area contributed by atoms with E-state index in [1.807, 2.05) is 59.2 Å². The van der Waals surface area contributed by atoms with Gasteiger partial charge in [0.1, 0.15) is 5.75 Å². The molecule has 1 aliphatic rings. The fraction of sp³-hybridized carbons (Fsp3) is 0.409. The fourth-order valence-electron chi connectivity index (χ4n) is 3.98. The van der Waals surface area contributed by atoms with Crippen molar-refractivity contribution in [1.29, 1.82) is 0 Å². The molecule has 2 heterocycles. The number of hydrogen-bond donors (Lipinski definition) is 1. The summed E-state index contributed by atoms with van der Waals surface area (Å²) in [4.78, 5) is 17.9. The van der Waals surface area contributed by atoms with Gasteiger partial charge in [0.25, 0.3) is 0 Å². The van der Waals surface area contributed by atoms with Crippen LogP contribution in [0.4, 0.5) is 0 Å². The summed E-state index contributed by atoms with van der Waals surface area (Å²) in [6, 6.07) is 18.3. The van der Waals surface area contributed by atoms with E-state index < -0.39 is 0 Å². The first-order chi connectivity index (χ1) is 13.3. The minimum atomic E-state index is 0.0210. The summed E-state index contributed by atoms with van der Waals surface area (Å²) in [5.41, 5.74) is 1.98. The van der Waals surface area contributed by atoms with Gasteiger partial charge >= 0.3 is 5.69 Å². The number of aromatic nitrogens is 2. The van der Waals surface area contributed by atoms with Gasteiger partial charge in [0.15, 0.2) is 0 Å². The molecule has 2 aromatic carbocycles.